The first-order valence-corrected chi connectivity index (χ1v) is 10.1. The van der Waals surface area contributed by atoms with Gasteiger partial charge in [0.25, 0.3) is 0 Å². The third-order valence-electron chi connectivity index (χ3n) is 3.91. The van der Waals surface area contributed by atoms with E-state index in [0.717, 1.165) is 29.8 Å². The maximum atomic E-state index is 5.86. The molecule has 0 saturated carbocycles. The molecule has 0 spiro atoms. The maximum absolute atomic E-state index is 5.86. The standard InChI is InChI=1S/C17H26BrNOS/c1-21-12-5-3-2-4-10-19-16-7-6-11-20-17-13-14(18)8-9-15(16)17/h8-9,13,16,19H,2-7,10-12H2,1H3. The molecule has 1 aromatic carbocycles. The Bertz CT molecular complexity index is 427. The van der Waals surface area contributed by atoms with Crippen LogP contribution in [0.25, 0.3) is 0 Å². The minimum absolute atomic E-state index is 0.446. The van der Waals surface area contributed by atoms with Gasteiger partial charge in [-0.1, -0.05) is 34.8 Å². The van der Waals surface area contributed by atoms with Crippen molar-refractivity contribution in [1.29, 1.82) is 0 Å². The number of fused-ring (bicyclic) bond motifs is 1. The maximum Gasteiger partial charge on any atom is 0.125 e. The van der Waals surface area contributed by atoms with E-state index in [1.807, 2.05) is 11.8 Å². The lowest BCUT2D eigenvalue weighted by atomic mass is 10.0. The fourth-order valence-corrected chi connectivity index (χ4v) is 3.59. The second-order valence-corrected chi connectivity index (χ2v) is 7.49. The molecular formula is C17H26BrNOS. The molecule has 0 amide bonds. The van der Waals surface area contributed by atoms with Gasteiger partial charge in [-0.3, -0.25) is 0 Å². The van der Waals surface area contributed by atoms with Gasteiger partial charge in [-0.15, -0.1) is 0 Å². The fourth-order valence-electron chi connectivity index (χ4n) is 2.76. The highest BCUT2D eigenvalue weighted by Gasteiger charge is 2.19. The monoisotopic (exact) mass is 371 g/mol. The molecule has 1 aliphatic heterocycles. The summed E-state index contributed by atoms with van der Waals surface area (Å²) in [6, 6.07) is 6.85. The Balaban J connectivity index is 1.78. The Morgan fingerprint density at radius 3 is 3.00 bits per heavy atom. The summed E-state index contributed by atoms with van der Waals surface area (Å²) in [4.78, 5) is 0. The lowest BCUT2D eigenvalue weighted by Crippen LogP contribution is -2.22. The molecular weight excluding hydrogens is 346 g/mol. The molecule has 1 atom stereocenters. The molecule has 2 nitrogen and oxygen atoms in total. The van der Waals surface area contributed by atoms with Crippen molar-refractivity contribution >= 4 is 27.7 Å². The Hall–Kier alpha value is -0.190. The first-order valence-electron chi connectivity index (χ1n) is 7.96. The van der Waals surface area contributed by atoms with Crippen LogP contribution in [0.4, 0.5) is 0 Å². The highest BCUT2D eigenvalue weighted by atomic mass is 79.9. The van der Waals surface area contributed by atoms with Gasteiger partial charge in [0.1, 0.15) is 5.75 Å². The van der Waals surface area contributed by atoms with Gasteiger partial charge in [0.05, 0.1) is 6.61 Å². The number of thioether (sulfide) groups is 1. The zero-order valence-corrected chi connectivity index (χ0v) is 15.3. The number of hydrogen-bond donors (Lipinski definition) is 1. The van der Waals surface area contributed by atoms with Gasteiger partial charge >= 0.3 is 0 Å². The zero-order valence-electron chi connectivity index (χ0n) is 12.9. The topological polar surface area (TPSA) is 21.3 Å². The Morgan fingerprint density at radius 1 is 1.29 bits per heavy atom. The van der Waals surface area contributed by atoms with Crippen LogP contribution in [-0.4, -0.2) is 25.2 Å². The van der Waals surface area contributed by atoms with Gasteiger partial charge in [0, 0.05) is 16.1 Å². The largest absolute Gasteiger partial charge is 0.493 e. The number of rotatable bonds is 8. The third kappa shape index (κ3) is 5.84. The van der Waals surface area contributed by atoms with E-state index in [9.17, 15) is 0 Å². The molecule has 1 aromatic rings. The first kappa shape index (κ1) is 17.2. The quantitative estimate of drug-likeness (QED) is 0.636. The molecule has 1 unspecified atom stereocenters. The van der Waals surface area contributed by atoms with Crippen LogP contribution in [0.1, 0.15) is 50.1 Å². The zero-order chi connectivity index (χ0) is 14.9. The molecule has 0 radical (unpaired) electrons. The van der Waals surface area contributed by atoms with Gasteiger partial charge in [-0.05, 0) is 56.4 Å². The third-order valence-corrected chi connectivity index (χ3v) is 5.10. The van der Waals surface area contributed by atoms with Crippen LogP contribution in [-0.2, 0) is 0 Å². The van der Waals surface area contributed by atoms with Crippen molar-refractivity contribution in [1.82, 2.24) is 5.32 Å². The SMILES string of the molecule is CSCCCCCCNC1CCCOc2cc(Br)ccc21. The average Bonchev–Trinajstić information content (AvgIpc) is 2.68. The summed E-state index contributed by atoms with van der Waals surface area (Å²) >= 11 is 5.48. The molecule has 1 N–H and O–H groups in total. The Morgan fingerprint density at radius 2 is 2.14 bits per heavy atom. The number of unbranched alkanes of at least 4 members (excludes halogenated alkanes) is 3. The minimum atomic E-state index is 0.446. The van der Waals surface area contributed by atoms with Crippen LogP contribution in [0.15, 0.2) is 22.7 Å². The van der Waals surface area contributed by atoms with E-state index >= 15 is 0 Å². The summed E-state index contributed by atoms with van der Waals surface area (Å²) in [5, 5.41) is 3.73. The predicted molar refractivity (Wildman–Crippen MR) is 96.5 cm³/mol. The lowest BCUT2D eigenvalue weighted by Gasteiger charge is -2.18. The van der Waals surface area contributed by atoms with E-state index in [1.54, 1.807) is 0 Å². The van der Waals surface area contributed by atoms with Crippen molar-refractivity contribution in [3.05, 3.63) is 28.2 Å². The Kier molecular flexibility index (Phi) is 7.97. The van der Waals surface area contributed by atoms with Crippen LogP contribution in [0.3, 0.4) is 0 Å². The summed E-state index contributed by atoms with van der Waals surface area (Å²) in [7, 11) is 0. The van der Waals surface area contributed by atoms with E-state index < -0.39 is 0 Å². The van der Waals surface area contributed by atoms with Gasteiger partial charge < -0.3 is 10.1 Å². The van der Waals surface area contributed by atoms with Crippen molar-refractivity contribution in [2.24, 2.45) is 0 Å². The molecule has 118 valence electrons. The molecule has 0 aliphatic carbocycles. The summed E-state index contributed by atoms with van der Waals surface area (Å²) in [5.74, 6) is 2.34. The molecule has 0 aromatic heterocycles. The smallest absolute Gasteiger partial charge is 0.125 e. The van der Waals surface area contributed by atoms with E-state index in [1.165, 1.54) is 43.4 Å². The number of ether oxygens (including phenoxy) is 1. The van der Waals surface area contributed by atoms with E-state index in [-0.39, 0.29) is 0 Å². The second kappa shape index (κ2) is 9.75. The van der Waals surface area contributed by atoms with Crippen LogP contribution >= 0.6 is 27.7 Å². The normalized spacial score (nSPS) is 17.9. The van der Waals surface area contributed by atoms with Crippen LogP contribution < -0.4 is 10.1 Å². The molecule has 1 heterocycles. The molecule has 0 saturated heterocycles. The van der Waals surface area contributed by atoms with Gasteiger partial charge in [-0.25, -0.2) is 0 Å². The number of benzene rings is 1. The van der Waals surface area contributed by atoms with Crippen molar-refractivity contribution < 1.29 is 4.74 Å². The predicted octanol–water partition coefficient (Wildman–Crippen LogP) is 5.18. The highest BCUT2D eigenvalue weighted by molar-refractivity contribution is 9.10. The molecule has 0 fully saturated rings. The lowest BCUT2D eigenvalue weighted by molar-refractivity contribution is 0.315. The molecule has 21 heavy (non-hydrogen) atoms. The fraction of sp³-hybridized carbons (Fsp3) is 0.647. The van der Waals surface area contributed by atoms with E-state index in [2.05, 4.69) is 45.7 Å². The number of hydrogen-bond acceptors (Lipinski definition) is 3. The van der Waals surface area contributed by atoms with Gasteiger partial charge in [0.2, 0.25) is 0 Å². The summed E-state index contributed by atoms with van der Waals surface area (Å²) < 4.78 is 6.95. The molecule has 2 rings (SSSR count). The number of halogens is 1. The van der Waals surface area contributed by atoms with Crippen molar-refractivity contribution in [3.63, 3.8) is 0 Å². The van der Waals surface area contributed by atoms with Crippen molar-refractivity contribution in [3.8, 4) is 5.75 Å². The van der Waals surface area contributed by atoms with Gasteiger partial charge in [-0.2, -0.15) is 11.8 Å². The summed E-state index contributed by atoms with van der Waals surface area (Å²) in [5.41, 5.74) is 1.32. The minimum Gasteiger partial charge on any atom is -0.493 e. The van der Waals surface area contributed by atoms with Crippen molar-refractivity contribution in [2.75, 3.05) is 25.2 Å². The van der Waals surface area contributed by atoms with Gasteiger partial charge in [0.15, 0.2) is 0 Å². The number of nitrogens with one attached hydrogen (secondary N) is 1. The van der Waals surface area contributed by atoms with Crippen LogP contribution in [0, 0.1) is 0 Å². The molecule has 0 bridgehead atoms. The first-order chi connectivity index (χ1) is 10.3. The van der Waals surface area contributed by atoms with E-state index in [0.29, 0.717) is 6.04 Å². The van der Waals surface area contributed by atoms with Crippen LogP contribution in [0.2, 0.25) is 0 Å². The van der Waals surface area contributed by atoms with Crippen molar-refractivity contribution in [2.45, 2.75) is 44.6 Å². The summed E-state index contributed by atoms with van der Waals surface area (Å²) in [6.45, 7) is 1.94. The van der Waals surface area contributed by atoms with Crippen LogP contribution in [0.5, 0.6) is 5.75 Å². The second-order valence-electron chi connectivity index (χ2n) is 5.59. The highest BCUT2D eigenvalue weighted by Crippen LogP contribution is 2.33. The summed E-state index contributed by atoms with van der Waals surface area (Å²) in [6.07, 6.45) is 9.81. The molecule has 1 aliphatic rings. The Labute approximate surface area is 141 Å². The molecule has 4 heteroatoms. The van der Waals surface area contributed by atoms with E-state index in [4.69, 9.17) is 4.74 Å². The average molecular weight is 372 g/mol.